The predicted molar refractivity (Wildman–Crippen MR) is 138 cm³/mol. The number of anilines is 2. The Morgan fingerprint density at radius 2 is 1.56 bits per heavy atom. The summed E-state index contributed by atoms with van der Waals surface area (Å²) < 4.78 is 0. The molecule has 2 N–H and O–H groups in total. The van der Waals surface area contributed by atoms with Gasteiger partial charge in [-0.05, 0) is 50.6 Å². The van der Waals surface area contributed by atoms with Crippen LogP contribution in [0.25, 0.3) is 0 Å². The van der Waals surface area contributed by atoms with Crippen molar-refractivity contribution in [3.8, 4) is 0 Å². The van der Waals surface area contributed by atoms with Crippen LogP contribution >= 0.6 is 0 Å². The van der Waals surface area contributed by atoms with Crippen molar-refractivity contribution in [1.29, 1.82) is 0 Å². The Kier molecular flexibility index (Phi) is 7.15. The third kappa shape index (κ3) is 5.12. The minimum absolute atomic E-state index is 0.239. The van der Waals surface area contributed by atoms with Gasteiger partial charge in [-0.25, -0.2) is 4.79 Å². The lowest BCUT2D eigenvalue weighted by Gasteiger charge is -2.19. The Morgan fingerprint density at radius 3 is 2.25 bits per heavy atom. The molecular formula is C28H28N4O4. The molecule has 2 unspecified atom stereocenters. The molecule has 8 heteroatoms. The van der Waals surface area contributed by atoms with Crippen molar-refractivity contribution in [2.75, 3.05) is 16.8 Å². The maximum Gasteiger partial charge on any atom is 0.332 e. The summed E-state index contributed by atoms with van der Waals surface area (Å²) in [6.45, 7) is 4.98. The van der Waals surface area contributed by atoms with Crippen LogP contribution in [-0.2, 0) is 9.59 Å². The number of hydrogen-bond donors (Lipinski definition) is 2. The van der Waals surface area contributed by atoms with E-state index in [4.69, 9.17) is 0 Å². The zero-order chi connectivity index (χ0) is 25.8. The highest BCUT2D eigenvalue weighted by molar-refractivity contribution is 6.16. The molecule has 4 rings (SSSR count). The van der Waals surface area contributed by atoms with E-state index in [-0.39, 0.29) is 17.5 Å². The molecule has 1 aliphatic heterocycles. The smallest absolute Gasteiger partial charge is 0.332 e. The summed E-state index contributed by atoms with van der Waals surface area (Å²) in [7, 11) is 0. The molecule has 0 aromatic heterocycles. The van der Waals surface area contributed by atoms with Gasteiger partial charge in [0.15, 0.2) is 0 Å². The quantitative estimate of drug-likeness (QED) is 0.489. The van der Waals surface area contributed by atoms with Crippen molar-refractivity contribution in [3.05, 3.63) is 95.6 Å². The molecule has 0 bridgehead atoms. The number of carbonyl (C=O) groups excluding carboxylic acids is 4. The van der Waals surface area contributed by atoms with Gasteiger partial charge in [-0.2, -0.15) is 0 Å². The lowest BCUT2D eigenvalue weighted by molar-refractivity contribution is -0.130. The molecule has 36 heavy (non-hydrogen) atoms. The van der Waals surface area contributed by atoms with Gasteiger partial charge in [-0.3, -0.25) is 24.2 Å². The Bertz CT molecular complexity index is 1290. The van der Waals surface area contributed by atoms with E-state index >= 15 is 0 Å². The van der Waals surface area contributed by atoms with E-state index in [0.717, 1.165) is 16.0 Å². The molecular weight excluding hydrogens is 456 g/mol. The third-order valence-corrected chi connectivity index (χ3v) is 6.15. The minimum atomic E-state index is -0.731. The maximum atomic E-state index is 13.0. The van der Waals surface area contributed by atoms with Crippen LogP contribution in [0.15, 0.2) is 78.9 Å². The molecule has 184 valence electrons. The molecule has 1 fully saturated rings. The summed E-state index contributed by atoms with van der Waals surface area (Å²) in [6.07, 6.45) is 0. The van der Waals surface area contributed by atoms with Gasteiger partial charge in [0, 0.05) is 5.69 Å². The first kappa shape index (κ1) is 24.7. The fourth-order valence-electron chi connectivity index (χ4n) is 4.13. The second-order valence-corrected chi connectivity index (χ2v) is 8.79. The van der Waals surface area contributed by atoms with E-state index in [1.165, 1.54) is 4.90 Å². The zero-order valence-electron chi connectivity index (χ0n) is 20.4. The van der Waals surface area contributed by atoms with Crippen LogP contribution in [0.1, 0.15) is 41.4 Å². The highest BCUT2D eigenvalue weighted by Crippen LogP contribution is 2.26. The van der Waals surface area contributed by atoms with Crippen molar-refractivity contribution >= 4 is 35.1 Å². The molecule has 3 aromatic rings. The second kappa shape index (κ2) is 10.4. The number of para-hydroxylation sites is 1. The van der Waals surface area contributed by atoms with Gasteiger partial charge in [-0.15, -0.1) is 0 Å². The fraction of sp³-hybridized carbons (Fsp3) is 0.214. The fourth-order valence-corrected chi connectivity index (χ4v) is 4.13. The van der Waals surface area contributed by atoms with Gasteiger partial charge in [0.2, 0.25) is 5.91 Å². The van der Waals surface area contributed by atoms with Crippen LogP contribution in [0.3, 0.4) is 0 Å². The number of carbonyl (C=O) groups is 4. The first-order valence-corrected chi connectivity index (χ1v) is 11.7. The first-order valence-electron chi connectivity index (χ1n) is 11.7. The molecule has 0 aliphatic carbocycles. The topological polar surface area (TPSA) is 98.8 Å². The maximum absolute atomic E-state index is 13.0. The highest BCUT2D eigenvalue weighted by Gasteiger charge is 2.44. The van der Waals surface area contributed by atoms with E-state index < -0.39 is 30.4 Å². The number of nitrogens with one attached hydrogen (secondary N) is 2. The number of nitrogens with zero attached hydrogens (tertiary/aromatic N) is 2. The molecule has 3 aromatic carbocycles. The van der Waals surface area contributed by atoms with Gasteiger partial charge in [0.25, 0.3) is 11.8 Å². The van der Waals surface area contributed by atoms with Crippen LogP contribution < -0.4 is 15.5 Å². The third-order valence-electron chi connectivity index (χ3n) is 6.15. The SMILES string of the molecule is Cc1ccc(N2C(=O)N(CC(=O)Nc3ccccc3C(=O)NC(C)c3ccccc3)C(=O)C2C)cc1. The standard InChI is InChI=1S/C28H28N4O4/c1-18-13-15-22(16-14-18)32-20(3)27(35)31(28(32)36)17-25(33)30-24-12-8-7-11-23(24)26(34)29-19(2)21-9-5-4-6-10-21/h4-16,19-20H,17H2,1-3H3,(H,29,34)(H,30,33). The molecule has 1 aliphatic rings. The molecule has 1 heterocycles. The number of imide groups is 1. The Labute approximate surface area is 209 Å². The van der Waals surface area contributed by atoms with Crippen molar-refractivity contribution in [3.63, 3.8) is 0 Å². The summed E-state index contributed by atoms with van der Waals surface area (Å²) in [4.78, 5) is 54.0. The summed E-state index contributed by atoms with van der Waals surface area (Å²) in [5, 5.41) is 5.62. The lowest BCUT2D eigenvalue weighted by atomic mass is 10.1. The molecule has 2 atom stereocenters. The van der Waals surface area contributed by atoms with E-state index in [2.05, 4.69) is 10.6 Å². The number of amides is 5. The van der Waals surface area contributed by atoms with Crippen LogP contribution in [0, 0.1) is 6.92 Å². The molecule has 0 spiro atoms. The first-order chi connectivity index (χ1) is 17.3. The van der Waals surface area contributed by atoms with Gasteiger partial charge in [0.1, 0.15) is 12.6 Å². The average Bonchev–Trinajstić information content (AvgIpc) is 3.08. The molecule has 0 radical (unpaired) electrons. The van der Waals surface area contributed by atoms with E-state index in [9.17, 15) is 19.2 Å². The number of aryl methyl sites for hydroxylation is 1. The monoisotopic (exact) mass is 484 g/mol. The summed E-state index contributed by atoms with van der Waals surface area (Å²) in [5.41, 5.74) is 3.14. The van der Waals surface area contributed by atoms with E-state index in [1.54, 1.807) is 43.3 Å². The van der Waals surface area contributed by atoms with Gasteiger partial charge >= 0.3 is 6.03 Å². The van der Waals surface area contributed by atoms with Crippen LogP contribution in [-0.4, -0.2) is 41.2 Å². The number of rotatable bonds is 7. The van der Waals surface area contributed by atoms with E-state index in [0.29, 0.717) is 11.4 Å². The zero-order valence-corrected chi connectivity index (χ0v) is 20.4. The number of hydrogen-bond acceptors (Lipinski definition) is 4. The van der Waals surface area contributed by atoms with Crippen molar-refractivity contribution in [2.24, 2.45) is 0 Å². The number of benzene rings is 3. The second-order valence-electron chi connectivity index (χ2n) is 8.79. The normalized spacial score (nSPS) is 16.1. The van der Waals surface area contributed by atoms with Crippen molar-refractivity contribution in [1.82, 2.24) is 10.2 Å². The largest absolute Gasteiger partial charge is 0.345 e. The molecule has 5 amide bonds. The van der Waals surface area contributed by atoms with Crippen molar-refractivity contribution in [2.45, 2.75) is 32.9 Å². The van der Waals surface area contributed by atoms with E-state index in [1.807, 2.05) is 56.3 Å². The van der Waals surface area contributed by atoms with Crippen LogP contribution in [0.2, 0.25) is 0 Å². The van der Waals surface area contributed by atoms with Gasteiger partial charge < -0.3 is 10.6 Å². The Balaban J connectivity index is 1.45. The van der Waals surface area contributed by atoms with Gasteiger partial charge in [-0.1, -0.05) is 60.2 Å². The summed E-state index contributed by atoms with van der Waals surface area (Å²) >= 11 is 0. The summed E-state index contributed by atoms with van der Waals surface area (Å²) in [5.74, 6) is -1.39. The summed E-state index contributed by atoms with van der Waals surface area (Å²) in [6, 6.07) is 21.9. The van der Waals surface area contributed by atoms with Gasteiger partial charge in [0.05, 0.1) is 17.3 Å². The molecule has 1 saturated heterocycles. The number of urea groups is 1. The lowest BCUT2D eigenvalue weighted by Crippen LogP contribution is -2.39. The minimum Gasteiger partial charge on any atom is -0.345 e. The highest BCUT2D eigenvalue weighted by atomic mass is 16.2. The Hall–Kier alpha value is -4.46. The Morgan fingerprint density at radius 1 is 0.917 bits per heavy atom. The molecule has 0 saturated carbocycles. The van der Waals surface area contributed by atoms with Crippen LogP contribution in [0.4, 0.5) is 16.2 Å². The predicted octanol–water partition coefficient (Wildman–Crippen LogP) is 4.28. The average molecular weight is 485 g/mol. The molecule has 8 nitrogen and oxygen atoms in total. The van der Waals surface area contributed by atoms with Crippen molar-refractivity contribution < 1.29 is 19.2 Å². The van der Waals surface area contributed by atoms with Crippen LogP contribution in [0.5, 0.6) is 0 Å².